The van der Waals surface area contributed by atoms with Crippen LogP contribution in [0.3, 0.4) is 0 Å². The Hall–Kier alpha value is -0.470. The molecule has 0 saturated carbocycles. The summed E-state index contributed by atoms with van der Waals surface area (Å²) in [6, 6.07) is 0. The number of alkyl halides is 2. The number of hydrogen-bond acceptors (Lipinski definition) is 0. The van der Waals surface area contributed by atoms with E-state index in [-0.39, 0.29) is 0 Å². The first-order valence-corrected chi connectivity index (χ1v) is 1.61. The Morgan fingerprint density at radius 3 is 2.00 bits per heavy atom. The number of rotatable bonds is 1. The molecule has 0 aromatic rings. The average molecular weight is 109 g/mol. The van der Waals surface area contributed by atoms with Crippen molar-refractivity contribution in [3.05, 3.63) is 18.8 Å². The summed E-state index contributed by atoms with van der Waals surface area (Å²) in [5.41, 5.74) is 0. The van der Waals surface area contributed by atoms with E-state index in [1.165, 1.54) is 0 Å². The molecule has 1 radical (unpaired) electrons. The maximum atomic E-state index is 11.3. The molecule has 0 rings (SSSR count). The maximum Gasteiger partial charge on any atom is 0.289 e. The van der Waals surface area contributed by atoms with Crippen molar-refractivity contribution in [2.45, 2.75) is 6.43 Å². The minimum absolute atomic E-state index is 0.491. The molecule has 0 N–H and O–H groups in total. The van der Waals surface area contributed by atoms with Gasteiger partial charge in [-0.25, -0.2) is 13.2 Å². The van der Waals surface area contributed by atoms with E-state index in [4.69, 9.17) is 0 Å². The largest absolute Gasteiger partial charge is 0.289 e. The van der Waals surface area contributed by atoms with Gasteiger partial charge >= 0.3 is 0 Å². The molecule has 0 aliphatic heterocycles. The molecule has 0 fully saturated rings. The van der Waals surface area contributed by atoms with Crippen LogP contribution in [0.4, 0.5) is 13.2 Å². The first kappa shape index (κ1) is 6.53. The van der Waals surface area contributed by atoms with Gasteiger partial charge in [-0.15, -0.1) is 0 Å². The lowest BCUT2D eigenvalue weighted by Crippen LogP contribution is -1.87. The first-order chi connectivity index (χ1) is 3.18. The summed E-state index contributed by atoms with van der Waals surface area (Å²) in [4.78, 5) is 0. The predicted molar refractivity (Wildman–Crippen MR) is 20.6 cm³/mol. The smallest absolute Gasteiger partial charge is 0.206 e. The van der Waals surface area contributed by atoms with Crippen molar-refractivity contribution in [3.8, 4) is 0 Å². The van der Waals surface area contributed by atoms with Crippen LogP contribution in [-0.2, 0) is 0 Å². The molecule has 0 aliphatic rings. The lowest BCUT2D eigenvalue weighted by molar-refractivity contribution is 0.159. The van der Waals surface area contributed by atoms with Crippen molar-refractivity contribution < 1.29 is 13.2 Å². The van der Waals surface area contributed by atoms with Crippen LogP contribution in [0.25, 0.3) is 0 Å². The van der Waals surface area contributed by atoms with Gasteiger partial charge in [-0.05, 0) is 13.0 Å². The molecule has 7 heavy (non-hydrogen) atoms. The zero-order valence-corrected chi connectivity index (χ0v) is 3.50. The van der Waals surface area contributed by atoms with Crippen LogP contribution in [0.2, 0.25) is 0 Å². The normalized spacial score (nSPS) is 13.0. The molecule has 0 aromatic carbocycles. The summed E-state index contributed by atoms with van der Waals surface area (Å²) in [5.74, 6) is -1.47. The second-order valence-electron chi connectivity index (χ2n) is 0.890. The lowest BCUT2D eigenvalue weighted by atomic mass is 10.5. The van der Waals surface area contributed by atoms with Gasteiger partial charge in [-0.1, -0.05) is 0 Å². The highest BCUT2D eigenvalue weighted by atomic mass is 19.3. The van der Waals surface area contributed by atoms with E-state index < -0.39 is 12.3 Å². The molecule has 0 heterocycles. The Morgan fingerprint density at radius 1 is 1.57 bits per heavy atom. The van der Waals surface area contributed by atoms with Crippen LogP contribution in [-0.4, -0.2) is 6.43 Å². The number of halogens is 3. The minimum Gasteiger partial charge on any atom is -0.206 e. The lowest BCUT2D eigenvalue weighted by Gasteiger charge is -1.87. The summed E-state index contributed by atoms with van der Waals surface area (Å²) in [6.07, 6.45) is -2.51. The van der Waals surface area contributed by atoms with Crippen molar-refractivity contribution in [1.29, 1.82) is 0 Å². The van der Waals surface area contributed by atoms with E-state index in [1.807, 2.05) is 0 Å². The monoisotopic (exact) mass is 109 g/mol. The maximum absolute atomic E-state index is 11.3. The van der Waals surface area contributed by atoms with E-state index in [1.54, 1.807) is 0 Å². The number of allylic oxidation sites excluding steroid dienone is 2. The van der Waals surface area contributed by atoms with Crippen molar-refractivity contribution in [3.63, 3.8) is 0 Å². The quantitative estimate of drug-likeness (QED) is 0.482. The molecular weight excluding hydrogens is 105 g/mol. The summed E-state index contributed by atoms with van der Waals surface area (Å²) in [6.45, 7) is 2.79. The first-order valence-electron chi connectivity index (χ1n) is 1.61. The molecule has 0 nitrogen and oxygen atoms in total. The van der Waals surface area contributed by atoms with Gasteiger partial charge in [0.05, 0.1) is 0 Å². The summed E-state index contributed by atoms with van der Waals surface area (Å²) in [7, 11) is 0. The molecule has 0 aromatic heterocycles. The van der Waals surface area contributed by atoms with E-state index in [0.29, 0.717) is 6.08 Å². The van der Waals surface area contributed by atoms with E-state index in [0.717, 1.165) is 0 Å². The molecule has 0 saturated heterocycles. The van der Waals surface area contributed by atoms with Gasteiger partial charge in [0, 0.05) is 0 Å². The van der Waals surface area contributed by atoms with Gasteiger partial charge in [-0.3, -0.25) is 0 Å². The summed E-state index contributed by atoms with van der Waals surface area (Å²) in [5, 5.41) is 0. The molecule has 41 valence electrons. The predicted octanol–water partition coefficient (Wildman–Crippen LogP) is 1.94. The van der Waals surface area contributed by atoms with Crippen molar-refractivity contribution in [1.82, 2.24) is 0 Å². The Balaban J connectivity index is 3.56. The third kappa shape index (κ3) is 2.25. The molecule has 0 amide bonds. The van der Waals surface area contributed by atoms with Gasteiger partial charge in [0.2, 0.25) is 0 Å². The fraction of sp³-hybridized carbons (Fsp3) is 0.250. The van der Waals surface area contributed by atoms with E-state index in [2.05, 4.69) is 6.92 Å². The van der Waals surface area contributed by atoms with Crippen molar-refractivity contribution in [2.75, 3.05) is 0 Å². The summed E-state index contributed by atoms with van der Waals surface area (Å²) < 4.78 is 33.2. The number of hydrogen-bond donors (Lipinski definition) is 0. The standard InChI is InChI=1S/C4H4F3/c1-2-3(5)4(6)7/h2,4H,1H2. The van der Waals surface area contributed by atoms with Gasteiger partial charge in [0.1, 0.15) is 0 Å². The fourth-order valence-corrected chi connectivity index (χ4v) is 0.0891. The minimum atomic E-state index is -3.00. The second kappa shape index (κ2) is 2.66. The van der Waals surface area contributed by atoms with Crippen LogP contribution in [0.15, 0.2) is 11.9 Å². The van der Waals surface area contributed by atoms with Crippen molar-refractivity contribution in [2.24, 2.45) is 0 Å². The van der Waals surface area contributed by atoms with Gasteiger partial charge in [0.15, 0.2) is 5.83 Å². The Bertz CT molecular complexity index is 75.0. The zero-order chi connectivity index (χ0) is 5.86. The topological polar surface area (TPSA) is 0 Å². The van der Waals surface area contributed by atoms with Crippen LogP contribution in [0, 0.1) is 6.92 Å². The van der Waals surface area contributed by atoms with Crippen LogP contribution in [0.5, 0.6) is 0 Å². The zero-order valence-electron chi connectivity index (χ0n) is 3.50. The summed E-state index contributed by atoms with van der Waals surface area (Å²) >= 11 is 0. The Labute approximate surface area is 39.6 Å². The molecule has 0 unspecified atom stereocenters. The highest BCUT2D eigenvalue weighted by Gasteiger charge is 2.06. The molecule has 0 spiro atoms. The van der Waals surface area contributed by atoms with Crippen LogP contribution < -0.4 is 0 Å². The molecule has 0 atom stereocenters. The molecular formula is C4H4F3. The van der Waals surface area contributed by atoms with Crippen LogP contribution >= 0.6 is 0 Å². The fourth-order valence-electron chi connectivity index (χ4n) is 0.0891. The third-order valence-corrected chi connectivity index (χ3v) is 0.403. The van der Waals surface area contributed by atoms with E-state index in [9.17, 15) is 13.2 Å². The SMILES string of the molecule is [CH2]C=C(F)C(F)F. The Kier molecular flexibility index (Phi) is 2.48. The van der Waals surface area contributed by atoms with E-state index >= 15 is 0 Å². The second-order valence-corrected chi connectivity index (χ2v) is 0.890. The molecule has 3 heteroatoms. The highest BCUT2D eigenvalue weighted by molar-refractivity contribution is 4.95. The highest BCUT2D eigenvalue weighted by Crippen LogP contribution is 2.07. The molecule has 0 aliphatic carbocycles. The van der Waals surface area contributed by atoms with Gasteiger partial charge in [-0.2, -0.15) is 0 Å². The average Bonchev–Trinajstić information content (AvgIpc) is 1.65. The molecule has 0 bridgehead atoms. The van der Waals surface area contributed by atoms with Gasteiger partial charge in [0.25, 0.3) is 6.43 Å². The van der Waals surface area contributed by atoms with Crippen molar-refractivity contribution >= 4 is 0 Å². The third-order valence-electron chi connectivity index (χ3n) is 0.403. The Morgan fingerprint density at radius 2 is 2.00 bits per heavy atom. The van der Waals surface area contributed by atoms with Gasteiger partial charge < -0.3 is 0 Å². The van der Waals surface area contributed by atoms with Crippen LogP contribution in [0.1, 0.15) is 0 Å².